The molecular formula is C46H60FN7O10. The Morgan fingerprint density at radius 1 is 0.641 bits per heavy atom. The van der Waals surface area contributed by atoms with Gasteiger partial charge in [-0.25, -0.2) is 14.0 Å². The normalized spacial score (nSPS) is 19.5. The van der Waals surface area contributed by atoms with E-state index in [1.54, 1.807) is 77.9 Å². The van der Waals surface area contributed by atoms with Crippen LogP contribution in [0.1, 0.15) is 65.5 Å². The van der Waals surface area contributed by atoms with E-state index in [0.29, 0.717) is 24.5 Å². The third-order valence-corrected chi connectivity index (χ3v) is 11.2. The van der Waals surface area contributed by atoms with Crippen molar-refractivity contribution < 1.29 is 52.8 Å². The largest absolute Gasteiger partial charge is 0.453 e. The van der Waals surface area contributed by atoms with Crippen LogP contribution < -0.4 is 26.2 Å². The minimum absolute atomic E-state index is 0.0186. The maximum absolute atomic E-state index is 14.0. The van der Waals surface area contributed by atoms with Crippen LogP contribution in [0, 0.1) is 16.6 Å². The van der Waals surface area contributed by atoms with E-state index in [2.05, 4.69) is 21.3 Å². The van der Waals surface area contributed by atoms with Gasteiger partial charge in [-0.3, -0.25) is 19.2 Å². The number of alkyl carbamates (subject to hydrolysis) is 2. The molecule has 6 N–H and O–H groups in total. The van der Waals surface area contributed by atoms with Crippen molar-refractivity contribution in [2.45, 2.75) is 104 Å². The van der Waals surface area contributed by atoms with Gasteiger partial charge in [-0.15, -0.1) is 0 Å². The SMILES string of the molecule is COC(=O)NC(C(=O)N1CC(O)CC1C(=O)Nc1ccc(CN(Cc2ccc(NC(=O)[C@@H]3C[C@H](O)CN3C(=O)[C@@H](NC(=O)OC)C(C)(C)C)cc2)c2ccc(F)cc2)cc1)C(C)(C)C. The summed E-state index contributed by atoms with van der Waals surface area (Å²) >= 11 is 0. The summed E-state index contributed by atoms with van der Waals surface area (Å²) in [5.74, 6) is -2.42. The Bertz CT molecular complexity index is 2010. The molecule has 17 nitrogen and oxygen atoms in total. The highest BCUT2D eigenvalue weighted by atomic mass is 19.1. The number of amides is 6. The molecule has 2 saturated heterocycles. The maximum atomic E-state index is 14.0. The summed E-state index contributed by atoms with van der Waals surface area (Å²) in [4.78, 5) is 83.3. The average Bonchev–Trinajstić information content (AvgIpc) is 3.84. The summed E-state index contributed by atoms with van der Waals surface area (Å²) in [6.45, 7) is 11.2. The van der Waals surface area contributed by atoms with Gasteiger partial charge in [0.15, 0.2) is 0 Å². The van der Waals surface area contributed by atoms with Crippen molar-refractivity contribution in [1.29, 1.82) is 0 Å². The van der Waals surface area contributed by atoms with Gasteiger partial charge in [0.2, 0.25) is 23.6 Å². The highest BCUT2D eigenvalue weighted by Gasteiger charge is 2.46. The van der Waals surface area contributed by atoms with Crippen molar-refractivity contribution in [3.05, 3.63) is 89.7 Å². The average molecular weight is 890 g/mol. The van der Waals surface area contributed by atoms with E-state index in [1.807, 2.05) is 29.2 Å². The molecule has 3 aromatic carbocycles. The van der Waals surface area contributed by atoms with Crippen LogP contribution >= 0.6 is 0 Å². The number of ether oxygens (including phenoxy) is 2. The topological polar surface area (TPSA) is 219 Å². The zero-order valence-electron chi connectivity index (χ0n) is 37.5. The van der Waals surface area contributed by atoms with Gasteiger partial charge in [0, 0.05) is 56.1 Å². The Labute approximate surface area is 372 Å². The lowest BCUT2D eigenvalue weighted by atomic mass is 9.85. The number of nitrogens with zero attached hydrogens (tertiary/aromatic N) is 3. The fourth-order valence-corrected chi connectivity index (χ4v) is 7.76. The molecule has 3 aromatic rings. The molecule has 0 aromatic heterocycles. The number of likely N-dealkylation sites (tertiary alicyclic amines) is 2. The van der Waals surface area contributed by atoms with Crippen LogP contribution in [0.5, 0.6) is 0 Å². The van der Waals surface area contributed by atoms with Crippen LogP contribution in [0.2, 0.25) is 0 Å². The van der Waals surface area contributed by atoms with Gasteiger partial charge in [-0.1, -0.05) is 65.8 Å². The third kappa shape index (κ3) is 12.5. The molecule has 0 radical (unpaired) electrons. The fraction of sp³-hybridized carbons (Fsp3) is 0.478. The van der Waals surface area contributed by atoms with E-state index in [9.17, 15) is 43.4 Å². The van der Waals surface area contributed by atoms with Gasteiger partial charge >= 0.3 is 12.2 Å². The molecule has 2 heterocycles. The zero-order valence-corrected chi connectivity index (χ0v) is 37.5. The van der Waals surface area contributed by atoms with Crippen molar-refractivity contribution in [2.75, 3.05) is 42.8 Å². The number of methoxy groups -OCH3 is 2. The summed E-state index contributed by atoms with van der Waals surface area (Å²) in [5, 5.41) is 31.8. The Kier molecular flexibility index (Phi) is 15.6. The van der Waals surface area contributed by atoms with Crippen molar-refractivity contribution in [3.8, 4) is 0 Å². The van der Waals surface area contributed by atoms with Gasteiger partial charge < -0.3 is 55.7 Å². The molecule has 18 heteroatoms. The molecule has 0 aliphatic carbocycles. The molecule has 64 heavy (non-hydrogen) atoms. The number of halogens is 1. The standard InChI is InChI=1S/C46H60FN7O10/c1-45(2,3)37(50-43(61)63-7)41(59)53-25-33(55)21-35(53)39(57)48-30-15-9-27(10-16-30)23-52(32-19-13-29(47)14-20-32)24-28-11-17-31(18-12-28)49-40(58)36-22-34(56)26-54(36)42(60)38(46(4,5)6)51-44(62)64-8/h9-20,33-38,55-56H,21-26H2,1-8H3,(H,48,57)(H,49,58)(H,50,61)(H,51,62)/t33-,34?,35-,36?,37+,38?/m0/s1. The number of aliphatic hydroxyl groups excluding tert-OH is 2. The van der Waals surface area contributed by atoms with Crippen molar-refractivity contribution in [3.63, 3.8) is 0 Å². The predicted molar refractivity (Wildman–Crippen MR) is 236 cm³/mol. The lowest BCUT2D eigenvalue weighted by molar-refractivity contribution is -0.140. The van der Waals surface area contributed by atoms with Crippen molar-refractivity contribution in [1.82, 2.24) is 20.4 Å². The van der Waals surface area contributed by atoms with Gasteiger partial charge in [0.1, 0.15) is 30.0 Å². The van der Waals surface area contributed by atoms with Crippen LogP contribution in [-0.2, 0) is 41.7 Å². The lowest BCUT2D eigenvalue weighted by Gasteiger charge is -2.34. The highest BCUT2D eigenvalue weighted by Crippen LogP contribution is 2.30. The van der Waals surface area contributed by atoms with E-state index in [-0.39, 0.29) is 25.9 Å². The van der Waals surface area contributed by atoms with E-state index in [0.717, 1.165) is 16.8 Å². The van der Waals surface area contributed by atoms with Crippen LogP contribution in [0.4, 0.5) is 31.0 Å². The second-order valence-corrected chi connectivity index (χ2v) is 18.4. The molecule has 2 aliphatic rings. The molecule has 0 bridgehead atoms. The van der Waals surface area contributed by atoms with Crippen LogP contribution in [0.3, 0.4) is 0 Å². The van der Waals surface area contributed by atoms with Gasteiger partial charge in [-0.05, 0) is 70.5 Å². The summed E-state index contributed by atoms with van der Waals surface area (Å²) in [5.41, 5.74) is 1.91. The van der Waals surface area contributed by atoms with E-state index < -0.39 is 88.8 Å². The molecule has 6 amide bonds. The maximum Gasteiger partial charge on any atom is 0.407 e. The predicted octanol–water partition coefficient (Wildman–Crippen LogP) is 4.37. The highest BCUT2D eigenvalue weighted by molar-refractivity contribution is 6.00. The first-order valence-electron chi connectivity index (χ1n) is 21.0. The number of β-amino-alcohol motifs (C(OH)–C–C–N with tert-alkyl or cyclic N) is 2. The van der Waals surface area contributed by atoms with Crippen LogP contribution in [0.15, 0.2) is 72.8 Å². The van der Waals surface area contributed by atoms with Crippen molar-refractivity contribution in [2.24, 2.45) is 10.8 Å². The fourth-order valence-electron chi connectivity index (χ4n) is 7.76. The van der Waals surface area contributed by atoms with Crippen LogP contribution in [-0.4, -0.2) is 120 Å². The molecule has 2 fully saturated rings. The molecule has 6 atom stereocenters. The number of carbonyl (C=O) groups is 6. The van der Waals surface area contributed by atoms with Gasteiger partial charge in [-0.2, -0.15) is 0 Å². The quantitative estimate of drug-likeness (QED) is 0.142. The van der Waals surface area contributed by atoms with E-state index in [4.69, 9.17) is 9.47 Å². The Balaban J connectivity index is 1.25. The number of aliphatic hydroxyl groups is 2. The molecule has 0 spiro atoms. The summed E-state index contributed by atoms with van der Waals surface area (Å²) in [6, 6.07) is 16.3. The number of hydrogen-bond acceptors (Lipinski definition) is 11. The molecule has 5 rings (SSSR count). The van der Waals surface area contributed by atoms with Crippen LogP contribution in [0.25, 0.3) is 0 Å². The molecule has 2 aliphatic heterocycles. The van der Waals surface area contributed by atoms with Gasteiger partial charge in [0.25, 0.3) is 0 Å². The first-order chi connectivity index (χ1) is 30.1. The third-order valence-electron chi connectivity index (χ3n) is 11.2. The number of anilines is 3. The Morgan fingerprint density at radius 3 is 1.33 bits per heavy atom. The summed E-state index contributed by atoms with van der Waals surface area (Å²) in [6.07, 6.45) is -3.42. The number of hydrogen-bond donors (Lipinski definition) is 6. The molecule has 3 unspecified atom stereocenters. The molecule has 0 saturated carbocycles. The monoisotopic (exact) mass is 889 g/mol. The first-order valence-corrected chi connectivity index (χ1v) is 21.0. The molecule has 346 valence electrons. The number of nitrogens with one attached hydrogen (secondary N) is 4. The minimum Gasteiger partial charge on any atom is -0.453 e. The molecular weight excluding hydrogens is 830 g/mol. The second kappa shape index (κ2) is 20.5. The van der Waals surface area contributed by atoms with Gasteiger partial charge in [0.05, 0.1) is 26.4 Å². The first kappa shape index (κ1) is 48.8. The minimum atomic E-state index is -1.02. The van der Waals surface area contributed by atoms with E-state index >= 15 is 0 Å². The second-order valence-electron chi connectivity index (χ2n) is 18.4. The Morgan fingerprint density at radius 2 is 1.00 bits per heavy atom. The number of rotatable bonds is 13. The lowest BCUT2D eigenvalue weighted by Crippen LogP contribution is -2.57. The smallest absolute Gasteiger partial charge is 0.407 e. The van der Waals surface area contributed by atoms with E-state index in [1.165, 1.54) is 36.2 Å². The zero-order chi connectivity index (χ0) is 47.1. The number of benzene rings is 3. The Hall–Kier alpha value is -6.27. The number of carbonyl (C=O) groups excluding carboxylic acids is 6. The van der Waals surface area contributed by atoms with Crippen molar-refractivity contribution >= 4 is 52.9 Å². The summed E-state index contributed by atoms with van der Waals surface area (Å²) in [7, 11) is 2.38. The summed E-state index contributed by atoms with van der Waals surface area (Å²) < 4.78 is 23.4.